The van der Waals surface area contributed by atoms with E-state index in [0.717, 1.165) is 5.75 Å². The zero-order valence-electron chi connectivity index (χ0n) is 66.0. The number of amides is 10. The number of hydrogen-bond acceptors (Lipinski definition) is 21. The Morgan fingerprint density at radius 2 is 0.927 bits per heavy atom. The average Bonchev–Trinajstić information content (AvgIpc) is 0.833. The van der Waals surface area contributed by atoms with Crippen LogP contribution in [0.3, 0.4) is 0 Å². The number of thioether (sulfide) groups is 1. The Labute approximate surface area is 653 Å². The van der Waals surface area contributed by atoms with Crippen molar-refractivity contribution >= 4 is 98.6 Å². The van der Waals surface area contributed by atoms with Gasteiger partial charge in [0.15, 0.2) is 0 Å². The third-order valence-electron chi connectivity index (χ3n) is 15.7. The fourth-order valence-electron chi connectivity index (χ4n) is 10.3. The molecule has 3 aromatic carbocycles. The molecule has 0 aliphatic rings. The number of carbonyl (C=O) groups is 11. The van der Waals surface area contributed by atoms with Gasteiger partial charge in [0.1, 0.15) is 83.7 Å². The fourth-order valence-corrected chi connectivity index (χ4v) is 12.6. The van der Waals surface area contributed by atoms with E-state index in [-0.39, 0.29) is 57.8 Å². The molecule has 0 aromatic heterocycles. The van der Waals surface area contributed by atoms with Gasteiger partial charge in [0, 0.05) is 37.3 Å². The lowest BCUT2D eigenvalue weighted by molar-refractivity contribution is -0.143. The van der Waals surface area contributed by atoms with E-state index in [2.05, 4.69) is 53.2 Å². The van der Waals surface area contributed by atoms with E-state index in [1.54, 1.807) is 141 Å². The minimum atomic E-state index is -1.84. The normalized spacial score (nSPS) is 14.8. The second kappa shape index (κ2) is 47.3. The maximum atomic E-state index is 15.0. The molecule has 11 atom stereocenters. The van der Waals surface area contributed by atoms with Crippen LogP contribution >= 0.6 is 33.3 Å². The van der Waals surface area contributed by atoms with Crippen molar-refractivity contribution in [1.82, 2.24) is 53.2 Å². The number of nitrogens with one attached hydrogen (secondary N) is 10. The first-order valence-electron chi connectivity index (χ1n) is 36.4. The third-order valence-corrected chi connectivity index (χ3v) is 18.8. The Bertz CT molecular complexity index is 3370. The summed E-state index contributed by atoms with van der Waals surface area (Å²) in [6, 6.07) is 9.14. The van der Waals surface area contributed by atoms with Crippen molar-refractivity contribution in [3.8, 4) is 11.5 Å². The average molecular weight is 1590 g/mol. The molecule has 3 rings (SSSR count). The molecular weight excluding hydrogens is 1470 g/mol. The molecule has 0 fully saturated rings. The van der Waals surface area contributed by atoms with Crippen LogP contribution in [-0.2, 0) is 86.2 Å². The van der Waals surface area contributed by atoms with Crippen LogP contribution in [0.1, 0.15) is 140 Å². The molecule has 0 saturated carbocycles. The van der Waals surface area contributed by atoms with Crippen LogP contribution in [0.4, 0.5) is 4.79 Å². The van der Waals surface area contributed by atoms with Crippen molar-refractivity contribution in [2.45, 2.75) is 226 Å². The summed E-state index contributed by atoms with van der Waals surface area (Å²) in [5.41, 5.74) is -1.35. The van der Waals surface area contributed by atoms with Crippen molar-refractivity contribution in [2.24, 2.45) is 5.92 Å². The van der Waals surface area contributed by atoms with Crippen molar-refractivity contribution < 1.29 is 96.5 Å². The highest BCUT2D eigenvalue weighted by molar-refractivity contribution is 8.76. The number of carboxylic acids is 1. The van der Waals surface area contributed by atoms with Crippen molar-refractivity contribution in [1.29, 1.82) is 0 Å². The van der Waals surface area contributed by atoms with E-state index in [1.165, 1.54) is 40.3 Å². The minimum Gasteiger partial charge on any atom is -0.488 e. The molecule has 610 valence electrons. The topological polar surface area (TPSA) is 424 Å². The Balaban J connectivity index is 2.02. The zero-order chi connectivity index (χ0) is 81.8. The highest BCUT2D eigenvalue weighted by Crippen LogP contribution is 2.24. The molecule has 0 radical (unpaired) electrons. The summed E-state index contributed by atoms with van der Waals surface area (Å²) in [5.74, 6) is -7.07. The monoisotopic (exact) mass is 1590 g/mol. The number of carboxylic acid groups (broad SMARTS) is 2. The van der Waals surface area contributed by atoms with Crippen LogP contribution in [0.5, 0.6) is 11.5 Å². The lowest BCUT2D eigenvalue weighted by atomic mass is 9.96. The second-order valence-electron chi connectivity index (χ2n) is 29.9. The molecule has 109 heavy (non-hydrogen) atoms. The number of rotatable bonds is 48. The van der Waals surface area contributed by atoms with Gasteiger partial charge in [-0.3, -0.25) is 43.2 Å². The lowest BCUT2D eigenvalue weighted by Gasteiger charge is -2.33. The molecule has 0 spiro atoms. The summed E-state index contributed by atoms with van der Waals surface area (Å²) in [6.07, 6.45) is -0.745. The molecule has 10 amide bonds. The van der Waals surface area contributed by atoms with Crippen LogP contribution < -0.4 is 62.6 Å². The summed E-state index contributed by atoms with van der Waals surface area (Å²) in [6.45, 7) is 26.2. The van der Waals surface area contributed by atoms with Crippen molar-refractivity contribution in [3.63, 3.8) is 0 Å². The number of hydrogen-bond donors (Lipinski definition) is 13. The quantitative estimate of drug-likeness (QED) is 0.0260. The van der Waals surface area contributed by atoms with Gasteiger partial charge in [0.25, 0.3) is 0 Å². The van der Waals surface area contributed by atoms with Gasteiger partial charge in [-0.05, 0) is 155 Å². The number of aliphatic carboxylic acids is 1. The predicted molar refractivity (Wildman–Crippen MR) is 420 cm³/mol. The molecule has 0 aliphatic carbocycles. The Morgan fingerprint density at radius 3 is 1.40 bits per heavy atom. The van der Waals surface area contributed by atoms with E-state index in [0.29, 0.717) is 40.4 Å². The van der Waals surface area contributed by atoms with Gasteiger partial charge in [-0.25, -0.2) is 9.59 Å². The van der Waals surface area contributed by atoms with E-state index < -0.39 is 174 Å². The number of aliphatic hydroxyl groups is 1. The number of carbonyl (C=O) groups excluding carboxylic acids is 9. The number of benzene rings is 3. The van der Waals surface area contributed by atoms with Gasteiger partial charge < -0.3 is 96.9 Å². The van der Waals surface area contributed by atoms with E-state index in [9.17, 15) is 63.3 Å². The molecule has 0 bridgehead atoms. The first kappa shape index (κ1) is 95.3. The Hall–Kier alpha value is -7.92. The van der Waals surface area contributed by atoms with Crippen LogP contribution in [0, 0.1) is 5.92 Å². The summed E-state index contributed by atoms with van der Waals surface area (Å²) in [7, 11) is 2.84. The van der Waals surface area contributed by atoms with Gasteiger partial charge in [0.2, 0.25) is 53.2 Å². The maximum Gasteiger partial charge on any atom is 0.405 e. The maximum absolute atomic E-state index is 15.0. The minimum absolute atomic E-state index is 0.0131. The first-order valence-corrected chi connectivity index (χ1v) is 40.3. The zero-order valence-corrected chi connectivity index (χ0v) is 68.4. The third kappa shape index (κ3) is 39.0. The summed E-state index contributed by atoms with van der Waals surface area (Å²) >= 11 is 1.40. The summed E-state index contributed by atoms with van der Waals surface area (Å²) in [5, 5.41) is 56.4. The molecule has 0 saturated heterocycles. The highest BCUT2D eigenvalue weighted by Gasteiger charge is 2.39. The van der Waals surface area contributed by atoms with Gasteiger partial charge in [-0.2, -0.15) is 11.8 Å². The fraction of sp³-hybridized carbons (Fsp3) is 0.618. The first-order chi connectivity index (χ1) is 51.0. The lowest BCUT2D eigenvalue weighted by Crippen LogP contribution is -2.63. The standard InChI is InChI=1S/C76H118N10O20S3/c1-18-46(3)61(69(95)79-53(71(97)98)33-38-107-17)85-66(92)56(39-48-23-21-20-22-24-48)80-65(91)55(41-50-27-31-52(32-28-50)106-76(14,15)16)81-67(93)57(42-87)82-70(96)62(47(4)104-74(8,9)10)86-68(94)58(43-103-73(5,6)7)83-64(90)54(40-49-25-29-51(30-26-49)105-75(11,12)13)78-60(88)44-102-37-36-101-35-34-77-63(89)59(84-72(99)100)45-109-108-19-2/h20-32,46-47,53-59,61-62,84,87H,18-19,33-45H2,1-17H3,(H,77,89)(H,78,88)(H,79,95)(H,80,91)(H,81,93)(H,82,96)(H,83,90)(H,85,92)(H,86,94)(H,97,98)(H,99,100)/t46?,47?,53-,54-,55-,56-,57-,58-,59-,61-,62-/m0/s1. The van der Waals surface area contributed by atoms with Crippen LogP contribution in [-0.4, -0.2) is 233 Å². The number of ether oxygens (including phenoxy) is 6. The van der Waals surface area contributed by atoms with Crippen molar-refractivity contribution in [3.05, 3.63) is 95.6 Å². The van der Waals surface area contributed by atoms with Crippen LogP contribution in [0.25, 0.3) is 0 Å². The molecule has 2 unspecified atom stereocenters. The van der Waals surface area contributed by atoms with E-state index in [4.69, 9.17) is 28.4 Å². The van der Waals surface area contributed by atoms with Gasteiger partial charge in [0.05, 0.1) is 50.3 Å². The predicted octanol–water partition coefficient (Wildman–Crippen LogP) is 5.03. The molecule has 3 aromatic rings. The van der Waals surface area contributed by atoms with Gasteiger partial charge >= 0.3 is 12.1 Å². The van der Waals surface area contributed by atoms with Gasteiger partial charge in [-0.1, -0.05) is 103 Å². The molecule has 13 N–H and O–H groups in total. The Morgan fingerprint density at radius 1 is 0.468 bits per heavy atom. The Kier molecular flexibility index (Phi) is 41.4. The molecule has 0 aliphatic heterocycles. The molecule has 0 heterocycles. The van der Waals surface area contributed by atoms with E-state index >= 15 is 4.79 Å². The second-order valence-corrected chi connectivity index (χ2v) is 33.7. The van der Waals surface area contributed by atoms with Crippen LogP contribution in [0.15, 0.2) is 78.9 Å². The van der Waals surface area contributed by atoms with Crippen molar-refractivity contribution in [2.75, 3.05) is 69.7 Å². The molecule has 30 nitrogen and oxygen atoms in total. The summed E-state index contributed by atoms with van der Waals surface area (Å²) < 4.78 is 35.5. The smallest absolute Gasteiger partial charge is 0.405 e. The SMILES string of the molecule is CCSSC[C@H](NC(=O)O)C(=O)NCCOCCOCC(=O)N[C@@H](Cc1ccc(OC(C)(C)C)cc1)C(=O)N[C@@H](COC(C)(C)C)C(=O)N[C@H](C(=O)N[C@@H](CO)C(=O)N[C@@H](Cc1ccc(OC(C)(C)C)cc1)C(=O)N[C@@H](Cc1ccccc1)C(=O)N[C@H](C(=O)N[C@@H](CCSC)C(=O)O)C(C)CC)C(C)OC(C)(C)C. The summed E-state index contributed by atoms with van der Waals surface area (Å²) in [4.78, 5) is 153. The van der Waals surface area contributed by atoms with Gasteiger partial charge in [-0.15, -0.1) is 0 Å². The van der Waals surface area contributed by atoms with E-state index in [1.807, 2.05) is 48.5 Å². The highest BCUT2D eigenvalue weighted by atomic mass is 33.1. The number of aliphatic hydroxyl groups excluding tert-OH is 1. The molecular formula is C76H118N10O20S3. The van der Waals surface area contributed by atoms with Crippen LogP contribution in [0.2, 0.25) is 0 Å². The largest absolute Gasteiger partial charge is 0.488 e. The molecule has 33 heteroatoms.